The van der Waals surface area contributed by atoms with E-state index in [4.69, 9.17) is 11.6 Å². The van der Waals surface area contributed by atoms with E-state index in [2.05, 4.69) is 15.4 Å². The van der Waals surface area contributed by atoms with Gasteiger partial charge >= 0.3 is 0 Å². The number of aromatic nitrogens is 2. The molecule has 7 heteroatoms. The maximum Gasteiger partial charge on any atom is 0.240 e. The third-order valence-corrected chi connectivity index (χ3v) is 3.68. The van der Waals surface area contributed by atoms with E-state index in [1.165, 1.54) is 6.33 Å². The molecule has 1 unspecified atom stereocenters. The summed E-state index contributed by atoms with van der Waals surface area (Å²) in [5.74, 6) is 6.77. The number of nitrogen functional groups attached to an aromatic ring is 1. The summed E-state index contributed by atoms with van der Waals surface area (Å²) >= 11 is 0. The molecule has 2 heterocycles. The van der Waals surface area contributed by atoms with Crippen LogP contribution in [0.25, 0.3) is 0 Å². The van der Waals surface area contributed by atoms with Crippen LogP contribution >= 0.6 is 0 Å². The average Bonchev–Trinajstić information content (AvgIpc) is 2.46. The SMILES string of the molecule is CC(C)c1c(NN)ncnc1N1CCCCC1C(N)=O. The average molecular weight is 278 g/mol. The summed E-state index contributed by atoms with van der Waals surface area (Å²) in [7, 11) is 0. The second-order valence-electron chi connectivity index (χ2n) is 5.37. The first kappa shape index (κ1) is 14.5. The summed E-state index contributed by atoms with van der Waals surface area (Å²) in [6, 6.07) is -0.304. The molecule has 1 amide bonds. The van der Waals surface area contributed by atoms with Gasteiger partial charge in [0, 0.05) is 12.1 Å². The number of nitrogens with one attached hydrogen (secondary N) is 1. The minimum absolute atomic E-state index is 0.188. The molecule has 1 aliphatic heterocycles. The Hall–Kier alpha value is -1.89. The van der Waals surface area contributed by atoms with Gasteiger partial charge in [-0.25, -0.2) is 15.8 Å². The standard InChI is InChI=1S/C13H22N6O/c1-8(2)10-12(18-15)16-7-17-13(10)19-6-4-3-5-9(19)11(14)20/h7-9H,3-6,15H2,1-2H3,(H2,14,20)(H,16,17,18). The van der Waals surface area contributed by atoms with E-state index >= 15 is 0 Å². The zero-order chi connectivity index (χ0) is 14.7. The van der Waals surface area contributed by atoms with Gasteiger partial charge in [0.1, 0.15) is 24.0 Å². The van der Waals surface area contributed by atoms with Gasteiger partial charge in [-0.05, 0) is 25.2 Å². The molecule has 1 aromatic rings. The molecule has 2 rings (SSSR count). The van der Waals surface area contributed by atoms with E-state index < -0.39 is 0 Å². The van der Waals surface area contributed by atoms with E-state index in [1.54, 1.807) is 0 Å². The number of anilines is 2. The van der Waals surface area contributed by atoms with Crippen molar-refractivity contribution in [1.82, 2.24) is 9.97 Å². The number of rotatable bonds is 4. The van der Waals surface area contributed by atoms with Crippen LogP contribution in [0.4, 0.5) is 11.6 Å². The normalized spacial score (nSPS) is 19.2. The highest BCUT2D eigenvalue weighted by Gasteiger charge is 2.30. The van der Waals surface area contributed by atoms with Crippen molar-refractivity contribution in [1.29, 1.82) is 0 Å². The van der Waals surface area contributed by atoms with Crippen LogP contribution in [0.5, 0.6) is 0 Å². The molecule has 20 heavy (non-hydrogen) atoms. The minimum atomic E-state index is -0.305. The first-order valence-corrected chi connectivity index (χ1v) is 6.93. The van der Waals surface area contributed by atoms with Crippen molar-refractivity contribution < 1.29 is 4.79 Å². The summed E-state index contributed by atoms with van der Waals surface area (Å²) in [5.41, 5.74) is 9.05. The molecule has 1 fully saturated rings. The Morgan fingerprint density at radius 2 is 2.20 bits per heavy atom. The molecule has 0 spiro atoms. The van der Waals surface area contributed by atoms with Gasteiger partial charge in [-0.1, -0.05) is 13.8 Å². The van der Waals surface area contributed by atoms with Gasteiger partial charge in [0.25, 0.3) is 0 Å². The highest BCUT2D eigenvalue weighted by molar-refractivity contribution is 5.84. The number of nitrogens with two attached hydrogens (primary N) is 2. The molecule has 0 aromatic carbocycles. The van der Waals surface area contributed by atoms with Gasteiger partial charge in [-0.2, -0.15) is 0 Å². The molecule has 0 aliphatic carbocycles. The first-order chi connectivity index (χ1) is 9.56. The van der Waals surface area contributed by atoms with Crippen molar-refractivity contribution in [2.24, 2.45) is 11.6 Å². The monoisotopic (exact) mass is 278 g/mol. The Bertz CT molecular complexity index is 490. The lowest BCUT2D eigenvalue weighted by Crippen LogP contribution is -2.48. The van der Waals surface area contributed by atoms with Gasteiger partial charge in [0.05, 0.1) is 0 Å². The lowest BCUT2D eigenvalue weighted by Gasteiger charge is -2.36. The van der Waals surface area contributed by atoms with Gasteiger partial charge in [0.2, 0.25) is 5.91 Å². The predicted octanol–water partition coefficient (Wildman–Crippen LogP) is 0.730. The zero-order valence-electron chi connectivity index (χ0n) is 12.0. The van der Waals surface area contributed by atoms with Crippen LogP contribution in [0.2, 0.25) is 0 Å². The van der Waals surface area contributed by atoms with Gasteiger partial charge in [0.15, 0.2) is 0 Å². The molecule has 7 nitrogen and oxygen atoms in total. The third kappa shape index (κ3) is 2.67. The maximum absolute atomic E-state index is 11.7. The number of hydrazine groups is 1. The Morgan fingerprint density at radius 3 is 2.80 bits per heavy atom. The van der Waals surface area contributed by atoms with Gasteiger partial charge in [-0.15, -0.1) is 0 Å². The summed E-state index contributed by atoms with van der Waals surface area (Å²) < 4.78 is 0. The van der Waals surface area contributed by atoms with Gasteiger partial charge < -0.3 is 16.1 Å². The van der Waals surface area contributed by atoms with E-state index in [0.717, 1.165) is 37.2 Å². The molecule has 1 atom stereocenters. The van der Waals surface area contributed by atoms with Crippen molar-refractivity contribution >= 4 is 17.5 Å². The van der Waals surface area contributed by atoms with E-state index in [-0.39, 0.29) is 17.9 Å². The predicted molar refractivity (Wildman–Crippen MR) is 78.1 cm³/mol. The fourth-order valence-corrected chi connectivity index (χ4v) is 2.74. The molecule has 1 aromatic heterocycles. The fraction of sp³-hybridized carbons (Fsp3) is 0.615. The highest BCUT2D eigenvalue weighted by Crippen LogP contribution is 2.33. The number of hydrogen-bond donors (Lipinski definition) is 3. The van der Waals surface area contributed by atoms with Gasteiger partial charge in [-0.3, -0.25) is 4.79 Å². The number of nitrogens with zero attached hydrogens (tertiary/aromatic N) is 3. The highest BCUT2D eigenvalue weighted by atomic mass is 16.1. The van der Waals surface area contributed by atoms with Crippen LogP contribution in [0.3, 0.4) is 0 Å². The van der Waals surface area contributed by atoms with Crippen LogP contribution in [-0.4, -0.2) is 28.5 Å². The summed E-state index contributed by atoms with van der Waals surface area (Å²) in [5, 5.41) is 0. The quantitative estimate of drug-likeness (QED) is 0.553. The van der Waals surface area contributed by atoms with Crippen LogP contribution in [0, 0.1) is 0 Å². The van der Waals surface area contributed by atoms with Crippen molar-refractivity contribution in [3.05, 3.63) is 11.9 Å². The molecule has 1 aliphatic rings. The van der Waals surface area contributed by atoms with Crippen LogP contribution in [0.15, 0.2) is 6.33 Å². The van der Waals surface area contributed by atoms with Crippen molar-refractivity contribution in [3.8, 4) is 0 Å². The summed E-state index contributed by atoms with van der Waals surface area (Å²) in [6.45, 7) is 4.87. The third-order valence-electron chi connectivity index (χ3n) is 3.68. The molecular formula is C13H22N6O. The second-order valence-corrected chi connectivity index (χ2v) is 5.37. The van der Waals surface area contributed by atoms with Crippen molar-refractivity contribution in [2.75, 3.05) is 16.9 Å². The number of carbonyl (C=O) groups is 1. The minimum Gasteiger partial charge on any atom is -0.368 e. The lowest BCUT2D eigenvalue weighted by molar-refractivity contribution is -0.119. The van der Waals surface area contributed by atoms with E-state index in [0.29, 0.717) is 5.82 Å². The number of primary amides is 1. The number of hydrogen-bond acceptors (Lipinski definition) is 6. The largest absolute Gasteiger partial charge is 0.368 e. The Labute approximate surface area is 118 Å². The summed E-state index contributed by atoms with van der Waals surface area (Å²) in [4.78, 5) is 22.2. The molecule has 110 valence electrons. The van der Waals surface area contributed by atoms with Crippen molar-refractivity contribution in [2.45, 2.75) is 45.1 Å². The number of carbonyl (C=O) groups excluding carboxylic acids is 1. The Balaban J connectivity index is 2.47. The molecule has 0 bridgehead atoms. The Kier molecular flexibility index (Phi) is 4.39. The molecular weight excluding hydrogens is 256 g/mol. The second kappa shape index (κ2) is 6.04. The molecule has 0 saturated carbocycles. The zero-order valence-corrected chi connectivity index (χ0v) is 12.0. The smallest absolute Gasteiger partial charge is 0.240 e. The van der Waals surface area contributed by atoms with Crippen LogP contribution < -0.4 is 21.9 Å². The molecule has 0 radical (unpaired) electrons. The lowest BCUT2D eigenvalue weighted by atomic mass is 9.98. The first-order valence-electron chi connectivity index (χ1n) is 6.93. The van der Waals surface area contributed by atoms with Crippen LogP contribution in [0.1, 0.15) is 44.6 Å². The molecule has 5 N–H and O–H groups in total. The summed E-state index contributed by atoms with van der Waals surface area (Å²) in [6.07, 6.45) is 4.26. The molecule has 1 saturated heterocycles. The Morgan fingerprint density at radius 1 is 1.45 bits per heavy atom. The maximum atomic E-state index is 11.7. The van der Waals surface area contributed by atoms with E-state index in [9.17, 15) is 4.79 Å². The fourth-order valence-electron chi connectivity index (χ4n) is 2.74. The van der Waals surface area contributed by atoms with Crippen molar-refractivity contribution in [3.63, 3.8) is 0 Å². The van der Waals surface area contributed by atoms with E-state index in [1.807, 2.05) is 18.7 Å². The van der Waals surface area contributed by atoms with Crippen LogP contribution in [-0.2, 0) is 4.79 Å². The topological polar surface area (TPSA) is 110 Å². The number of piperidine rings is 1. The number of amides is 1.